The summed E-state index contributed by atoms with van der Waals surface area (Å²) < 4.78 is 5.35. The zero-order valence-electron chi connectivity index (χ0n) is 25.7. The highest BCUT2D eigenvalue weighted by molar-refractivity contribution is 6.00. The summed E-state index contributed by atoms with van der Waals surface area (Å²) in [6.45, 7) is 9.26. The number of nitrogens with one attached hydrogen (secondary N) is 3. The Kier molecular flexibility index (Phi) is 7.75. The zero-order chi connectivity index (χ0) is 31.2. The van der Waals surface area contributed by atoms with E-state index in [1.165, 1.54) is 0 Å². The molecule has 3 aromatic rings. The first kappa shape index (κ1) is 30.1. The number of carbonyl (C=O) groups excluding carboxylic acids is 4. The lowest BCUT2D eigenvalue weighted by Gasteiger charge is -2.44. The maximum Gasteiger partial charge on any atom is 0.408 e. The second-order valence-electron chi connectivity index (χ2n) is 13.1. The normalized spacial score (nSPS) is 17.1. The number of amides is 4. The highest BCUT2D eigenvalue weighted by Crippen LogP contribution is 2.45. The van der Waals surface area contributed by atoms with Crippen molar-refractivity contribution in [3.8, 4) is 0 Å². The van der Waals surface area contributed by atoms with Crippen LogP contribution in [-0.4, -0.2) is 75.9 Å². The monoisotopic (exact) mass is 587 g/mol. The molecule has 228 valence electrons. The van der Waals surface area contributed by atoms with Crippen molar-refractivity contribution in [2.75, 3.05) is 20.1 Å². The lowest BCUT2D eigenvalue weighted by Crippen LogP contribution is -2.61. The van der Waals surface area contributed by atoms with Gasteiger partial charge in [-0.3, -0.25) is 14.4 Å². The molecule has 1 fully saturated rings. The van der Waals surface area contributed by atoms with Crippen LogP contribution in [0.15, 0.2) is 54.7 Å². The molecule has 10 nitrogen and oxygen atoms in total. The van der Waals surface area contributed by atoms with E-state index in [0.29, 0.717) is 31.5 Å². The van der Waals surface area contributed by atoms with Crippen molar-refractivity contribution < 1.29 is 23.9 Å². The first-order chi connectivity index (χ1) is 20.2. The summed E-state index contributed by atoms with van der Waals surface area (Å²) in [6, 6.07) is 14.6. The molecule has 3 N–H and O–H groups in total. The Hall–Kier alpha value is -4.34. The summed E-state index contributed by atoms with van der Waals surface area (Å²) >= 11 is 0. The summed E-state index contributed by atoms with van der Waals surface area (Å²) in [7, 11) is 1.83. The largest absolute Gasteiger partial charge is 0.444 e. The number of piperidine rings is 1. The van der Waals surface area contributed by atoms with Gasteiger partial charge in [0.05, 0.1) is 5.54 Å². The van der Waals surface area contributed by atoms with Crippen molar-refractivity contribution >= 4 is 34.7 Å². The molecule has 4 amide bonds. The first-order valence-electron chi connectivity index (χ1n) is 14.8. The molecular formula is C33H41N5O5. The lowest BCUT2D eigenvalue weighted by atomic mass is 9.80. The van der Waals surface area contributed by atoms with E-state index in [-0.39, 0.29) is 18.2 Å². The summed E-state index contributed by atoms with van der Waals surface area (Å²) in [5, 5.41) is 6.55. The summed E-state index contributed by atoms with van der Waals surface area (Å²) in [5.41, 5.74) is 1.03. The van der Waals surface area contributed by atoms with Gasteiger partial charge < -0.3 is 30.2 Å². The van der Waals surface area contributed by atoms with Crippen LogP contribution in [0.5, 0.6) is 0 Å². The third-order valence-corrected chi connectivity index (χ3v) is 8.59. The number of carbonyl (C=O) groups is 4. The number of likely N-dealkylation sites (tertiary alicyclic amines) is 1. The second kappa shape index (κ2) is 11.1. The van der Waals surface area contributed by atoms with Crippen molar-refractivity contribution in [1.29, 1.82) is 0 Å². The topological polar surface area (TPSA) is 124 Å². The van der Waals surface area contributed by atoms with Crippen LogP contribution in [0.2, 0.25) is 0 Å². The molecule has 3 heterocycles. The fraction of sp³-hybridized carbons (Fsp3) is 0.455. The average Bonchev–Trinajstić information content (AvgIpc) is 3.44. The minimum atomic E-state index is -1.34. The van der Waals surface area contributed by atoms with Crippen molar-refractivity contribution in [3.05, 3.63) is 71.4 Å². The van der Waals surface area contributed by atoms with Gasteiger partial charge in [0, 0.05) is 49.2 Å². The van der Waals surface area contributed by atoms with Crippen LogP contribution in [0.1, 0.15) is 68.9 Å². The molecule has 10 heteroatoms. The highest BCUT2D eigenvalue weighted by atomic mass is 16.6. The zero-order valence-corrected chi connectivity index (χ0v) is 25.7. The highest BCUT2D eigenvalue weighted by Gasteiger charge is 2.50. The number of aromatic amines is 1. The van der Waals surface area contributed by atoms with Crippen molar-refractivity contribution in [3.63, 3.8) is 0 Å². The van der Waals surface area contributed by atoms with Crippen LogP contribution in [0.25, 0.3) is 10.9 Å². The van der Waals surface area contributed by atoms with E-state index in [2.05, 4.69) is 15.6 Å². The Morgan fingerprint density at radius 2 is 1.65 bits per heavy atom. The fourth-order valence-electron chi connectivity index (χ4n) is 6.23. The van der Waals surface area contributed by atoms with Crippen LogP contribution in [0.3, 0.4) is 0 Å². The molecule has 0 aliphatic carbocycles. The van der Waals surface area contributed by atoms with E-state index in [4.69, 9.17) is 4.74 Å². The minimum Gasteiger partial charge on any atom is -0.444 e. The number of ether oxygens (including phenoxy) is 1. The fourth-order valence-corrected chi connectivity index (χ4v) is 6.23. The van der Waals surface area contributed by atoms with E-state index in [9.17, 15) is 19.2 Å². The number of hydrogen-bond acceptors (Lipinski definition) is 5. The molecule has 43 heavy (non-hydrogen) atoms. The third kappa shape index (κ3) is 5.83. The van der Waals surface area contributed by atoms with Gasteiger partial charge in [0.15, 0.2) is 0 Å². The summed E-state index contributed by atoms with van der Waals surface area (Å²) in [5.74, 6) is -0.707. The maximum atomic E-state index is 14.1. The second-order valence-corrected chi connectivity index (χ2v) is 13.1. The van der Waals surface area contributed by atoms with Crippen molar-refractivity contribution in [1.82, 2.24) is 25.4 Å². The summed E-state index contributed by atoms with van der Waals surface area (Å²) in [6.07, 6.45) is 2.60. The lowest BCUT2D eigenvalue weighted by molar-refractivity contribution is -0.139. The number of alkyl carbamates (subject to hydrolysis) is 1. The molecule has 0 radical (unpaired) electrons. The molecule has 1 atom stereocenters. The standard InChI is InChI=1S/C33H41N5O5/c1-31(2,3)43-30(42)36-32(4,5)29(41)35-26(19-21-20-34-25-14-10-8-11-22(21)25)28(40)38-17-15-33(16-18-38)24-13-9-7-12-23(24)27(39)37(33)6/h7-14,20,26,34H,15-19H2,1-6H3,(H,35,41)(H,36,42). The molecule has 2 aromatic carbocycles. The minimum absolute atomic E-state index is 0.000397. The van der Waals surface area contributed by atoms with Gasteiger partial charge >= 0.3 is 6.09 Å². The van der Waals surface area contributed by atoms with Crippen LogP contribution in [0, 0.1) is 0 Å². The number of fused-ring (bicyclic) bond motifs is 3. The number of benzene rings is 2. The van der Waals surface area contributed by atoms with Gasteiger partial charge in [-0.05, 0) is 70.7 Å². The van der Waals surface area contributed by atoms with Gasteiger partial charge in [0.1, 0.15) is 17.2 Å². The van der Waals surface area contributed by atoms with E-state index < -0.39 is 34.7 Å². The maximum absolute atomic E-state index is 14.1. The van der Waals surface area contributed by atoms with Crippen LogP contribution in [0.4, 0.5) is 4.79 Å². The molecule has 1 saturated heterocycles. The van der Waals surface area contributed by atoms with Crippen LogP contribution in [-0.2, 0) is 26.3 Å². The van der Waals surface area contributed by atoms with Gasteiger partial charge in [0.2, 0.25) is 11.8 Å². The molecule has 1 unspecified atom stereocenters. The van der Waals surface area contributed by atoms with Crippen molar-refractivity contribution in [2.45, 2.75) is 76.6 Å². The number of H-pyrrole nitrogens is 1. The Bertz CT molecular complexity index is 1560. The molecule has 0 saturated carbocycles. The van der Waals surface area contributed by atoms with E-state index >= 15 is 0 Å². The Morgan fingerprint density at radius 3 is 2.35 bits per heavy atom. The number of para-hydroxylation sites is 1. The molecule has 2 aliphatic rings. The predicted molar refractivity (Wildman–Crippen MR) is 163 cm³/mol. The molecule has 1 spiro atoms. The predicted octanol–water partition coefficient (Wildman–Crippen LogP) is 4.10. The molecule has 1 aromatic heterocycles. The quantitative estimate of drug-likeness (QED) is 0.401. The number of hydrogen-bond donors (Lipinski definition) is 3. The van der Waals surface area contributed by atoms with Gasteiger partial charge in [-0.25, -0.2) is 4.79 Å². The smallest absolute Gasteiger partial charge is 0.408 e. The van der Waals surface area contributed by atoms with Gasteiger partial charge in [-0.1, -0.05) is 36.4 Å². The summed E-state index contributed by atoms with van der Waals surface area (Å²) in [4.78, 5) is 60.0. The van der Waals surface area contributed by atoms with E-state index in [0.717, 1.165) is 22.0 Å². The van der Waals surface area contributed by atoms with Gasteiger partial charge in [0.25, 0.3) is 5.91 Å². The van der Waals surface area contributed by atoms with Crippen molar-refractivity contribution in [2.24, 2.45) is 0 Å². The number of nitrogens with zero attached hydrogens (tertiary/aromatic N) is 2. The van der Waals surface area contributed by atoms with E-state index in [1.807, 2.05) is 66.7 Å². The van der Waals surface area contributed by atoms with Gasteiger partial charge in [-0.15, -0.1) is 0 Å². The molecule has 5 rings (SSSR count). The van der Waals surface area contributed by atoms with E-state index in [1.54, 1.807) is 39.5 Å². The third-order valence-electron chi connectivity index (χ3n) is 8.59. The number of aromatic nitrogens is 1. The van der Waals surface area contributed by atoms with Gasteiger partial charge in [-0.2, -0.15) is 0 Å². The Balaban J connectivity index is 1.36. The molecule has 2 aliphatic heterocycles. The van der Waals surface area contributed by atoms with Crippen LogP contribution >= 0.6 is 0 Å². The molecule has 0 bridgehead atoms. The number of rotatable bonds is 6. The Morgan fingerprint density at radius 1 is 1.00 bits per heavy atom. The van der Waals surface area contributed by atoms with Crippen LogP contribution < -0.4 is 10.6 Å². The average molecular weight is 588 g/mol. The molecular weight excluding hydrogens is 546 g/mol. The first-order valence-corrected chi connectivity index (χ1v) is 14.8. The Labute approximate surface area is 252 Å². The SMILES string of the molecule is CN1C(=O)c2ccccc2C12CCN(C(=O)C(Cc1c[nH]c3ccccc13)NC(=O)C(C)(C)NC(=O)OC(C)(C)C)CC2.